The molecule has 6 heteroatoms. The Morgan fingerprint density at radius 1 is 1.35 bits per heavy atom. The third-order valence-electron chi connectivity index (χ3n) is 2.60. The number of para-hydroxylation sites is 1. The Labute approximate surface area is 101 Å². The van der Waals surface area contributed by atoms with Crippen LogP contribution >= 0.6 is 12.2 Å². The van der Waals surface area contributed by atoms with Gasteiger partial charge in [0.1, 0.15) is 11.3 Å². The van der Waals surface area contributed by atoms with Crippen molar-refractivity contribution in [1.29, 1.82) is 0 Å². The second kappa shape index (κ2) is 3.53. The predicted octanol–water partition coefficient (Wildman–Crippen LogP) is 2.56. The zero-order valence-corrected chi connectivity index (χ0v) is 9.83. The summed E-state index contributed by atoms with van der Waals surface area (Å²) in [6.07, 6.45) is 1.81. The number of H-pyrrole nitrogens is 1. The van der Waals surface area contributed by atoms with Gasteiger partial charge in [-0.15, -0.1) is 0 Å². The highest BCUT2D eigenvalue weighted by atomic mass is 32.1. The van der Waals surface area contributed by atoms with Gasteiger partial charge in [0.15, 0.2) is 10.6 Å². The van der Waals surface area contributed by atoms with Gasteiger partial charge in [-0.3, -0.25) is 9.25 Å². The molecule has 3 rings (SSSR count). The molecule has 0 radical (unpaired) electrons. The molecule has 4 nitrogen and oxygen atoms in total. The third-order valence-corrected chi connectivity index (χ3v) is 2.88. The lowest BCUT2D eigenvalue weighted by Crippen LogP contribution is -1.97. The Morgan fingerprint density at radius 2 is 2.18 bits per heavy atom. The second-order valence-corrected chi connectivity index (χ2v) is 4.13. The van der Waals surface area contributed by atoms with Gasteiger partial charge in [0, 0.05) is 19.3 Å². The molecular formula is C11H9FN4S. The van der Waals surface area contributed by atoms with E-state index in [9.17, 15) is 4.39 Å². The van der Waals surface area contributed by atoms with Crippen LogP contribution in [0, 0.1) is 10.6 Å². The average molecular weight is 248 g/mol. The van der Waals surface area contributed by atoms with E-state index in [4.69, 9.17) is 12.2 Å². The first-order valence-corrected chi connectivity index (χ1v) is 5.47. The lowest BCUT2D eigenvalue weighted by molar-refractivity contribution is 0.637. The first-order valence-electron chi connectivity index (χ1n) is 5.06. The molecule has 0 fully saturated rings. The Bertz CT molecular complexity index is 752. The van der Waals surface area contributed by atoms with E-state index in [2.05, 4.69) is 10.1 Å². The number of rotatable bonds is 1. The molecule has 0 saturated heterocycles. The Morgan fingerprint density at radius 3 is 2.88 bits per heavy atom. The molecule has 0 unspecified atom stereocenters. The number of nitrogens with one attached hydrogen (secondary N) is 1. The van der Waals surface area contributed by atoms with Gasteiger partial charge < -0.3 is 4.98 Å². The van der Waals surface area contributed by atoms with Crippen LogP contribution in [0.4, 0.5) is 4.39 Å². The summed E-state index contributed by atoms with van der Waals surface area (Å²) >= 11 is 5.20. The topological polar surface area (TPSA) is 38.5 Å². The standard InChI is InChI=1S/C11H9FN4S/c1-15-6-5-9(14-15)16-8-4-2-3-7(12)10(8)13-11(16)17/h2-6H,1H3,(H,13,17). The van der Waals surface area contributed by atoms with Crippen molar-refractivity contribution in [3.05, 3.63) is 41.1 Å². The van der Waals surface area contributed by atoms with Gasteiger partial charge >= 0.3 is 0 Å². The molecule has 1 aromatic carbocycles. The molecule has 0 aliphatic carbocycles. The minimum absolute atomic E-state index is 0.316. The molecule has 0 bridgehead atoms. The number of aromatic amines is 1. The molecule has 0 aliphatic rings. The SMILES string of the molecule is Cn1ccc(-n2c(=S)[nH]c3c(F)cccc32)n1. The van der Waals surface area contributed by atoms with Gasteiger partial charge in [-0.1, -0.05) is 6.07 Å². The summed E-state index contributed by atoms with van der Waals surface area (Å²) in [5, 5.41) is 4.26. The fourth-order valence-electron chi connectivity index (χ4n) is 1.84. The molecule has 2 aromatic heterocycles. The van der Waals surface area contributed by atoms with Crippen LogP contribution in [0.2, 0.25) is 0 Å². The van der Waals surface area contributed by atoms with Crippen LogP contribution in [-0.4, -0.2) is 19.3 Å². The van der Waals surface area contributed by atoms with Crippen LogP contribution in [-0.2, 0) is 7.05 Å². The maximum absolute atomic E-state index is 13.6. The van der Waals surface area contributed by atoms with E-state index >= 15 is 0 Å². The third kappa shape index (κ3) is 1.49. The van der Waals surface area contributed by atoms with Gasteiger partial charge in [-0.05, 0) is 24.4 Å². The summed E-state index contributed by atoms with van der Waals surface area (Å²) in [6.45, 7) is 0. The van der Waals surface area contributed by atoms with Gasteiger partial charge in [-0.2, -0.15) is 5.10 Å². The van der Waals surface area contributed by atoms with E-state index in [-0.39, 0.29) is 5.82 Å². The fraction of sp³-hybridized carbons (Fsp3) is 0.0909. The Kier molecular flexibility index (Phi) is 2.12. The van der Waals surface area contributed by atoms with Crippen molar-refractivity contribution < 1.29 is 4.39 Å². The molecule has 86 valence electrons. The van der Waals surface area contributed by atoms with Crippen molar-refractivity contribution in [2.75, 3.05) is 0 Å². The highest BCUT2D eigenvalue weighted by molar-refractivity contribution is 7.71. The smallest absolute Gasteiger partial charge is 0.184 e. The number of benzene rings is 1. The van der Waals surface area contributed by atoms with Crippen LogP contribution in [0.15, 0.2) is 30.5 Å². The van der Waals surface area contributed by atoms with Crippen molar-refractivity contribution in [1.82, 2.24) is 19.3 Å². The number of aryl methyl sites for hydroxylation is 1. The van der Waals surface area contributed by atoms with Gasteiger partial charge in [0.25, 0.3) is 0 Å². The molecule has 2 heterocycles. The lowest BCUT2D eigenvalue weighted by atomic mass is 10.3. The lowest BCUT2D eigenvalue weighted by Gasteiger charge is -1.99. The van der Waals surface area contributed by atoms with E-state index in [0.29, 0.717) is 21.6 Å². The van der Waals surface area contributed by atoms with Crippen LogP contribution in [0.3, 0.4) is 0 Å². The van der Waals surface area contributed by atoms with Crippen LogP contribution in [0.5, 0.6) is 0 Å². The maximum atomic E-state index is 13.6. The van der Waals surface area contributed by atoms with Crippen LogP contribution in [0.25, 0.3) is 16.9 Å². The number of imidazole rings is 1. The number of aromatic nitrogens is 4. The molecule has 17 heavy (non-hydrogen) atoms. The number of nitrogens with zero attached hydrogens (tertiary/aromatic N) is 3. The first-order chi connectivity index (χ1) is 8.16. The van der Waals surface area contributed by atoms with E-state index in [0.717, 1.165) is 0 Å². The highest BCUT2D eigenvalue weighted by Crippen LogP contribution is 2.20. The molecule has 0 spiro atoms. The minimum atomic E-state index is -0.316. The van der Waals surface area contributed by atoms with Crippen molar-refractivity contribution >= 4 is 23.3 Å². The maximum Gasteiger partial charge on any atom is 0.184 e. The Balaban J connectivity index is 2.40. The quantitative estimate of drug-likeness (QED) is 0.672. The fourth-order valence-corrected chi connectivity index (χ4v) is 2.14. The number of hydrogen-bond donors (Lipinski definition) is 1. The molecule has 0 atom stereocenters. The van der Waals surface area contributed by atoms with E-state index in [1.165, 1.54) is 6.07 Å². The first kappa shape index (κ1) is 10.2. The van der Waals surface area contributed by atoms with E-state index < -0.39 is 0 Å². The average Bonchev–Trinajstić information content (AvgIpc) is 2.82. The minimum Gasteiger partial charge on any atom is -0.328 e. The van der Waals surface area contributed by atoms with Gasteiger partial charge in [0.2, 0.25) is 0 Å². The van der Waals surface area contributed by atoms with Gasteiger partial charge in [0.05, 0.1) is 5.52 Å². The number of fused-ring (bicyclic) bond motifs is 1. The van der Waals surface area contributed by atoms with Crippen molar-refractivity contribution in [3.8, 4) is 5.82 Å². The summed E-state index contributed by atoms with van der Waals surface area (Å²) < 4.78 is 17.4. The zero-order chi connectivity index (χ0) is 12.0. The number of halogens is 1. The molecular weight excluding hydrogens is 239 g/mol. The monoisotopic (exact) mass is 248 g/mol. The molecule has 0 saturated carbocycles. The van der Waals surface area contributed by atoms with Crippen molar-refractivity contribution in [2.45, 2.75) is 0 Å². The molecule has 3 aromatic rings. The summed E-state index contributed by atoms with van der Waals surface area (Å²) in [4.78, 5) is 2.86. The zero-order valence-electron chi connectivity index (χ0n) is 9.01. The normalized spacial score (nSPS) is 11.2. The van der Waals surface area contributed by atoms with Crippen molar-refractivity contribution in [2.24, 2.45) is 7.05 Å². The predicted molar refractivity (Wildman–Crippen MR) is 65.2 cm³/mol. The van der Waals surface area contributed by atoms with E-state index in [1.54, 1.807) is 21.4 Å². The largest absolute Gasteiger partial charge is 0.328 e. The van der Waals surface area contributed by atoms with Gasteiger partial charge in [-0.25, -0.2) is 4.39 Å². The molecule has 1 N–H and O–H groups in total. The van der Waals surface area contributed by atoms with Crippen molar-refractivity contribution in [3.63, 3.8) is 0 Å². The summed E-state index contributed by atoms with van der Waals surface area (Å²) in [7, 11) is 1.82. The number of hydrogen-bond acceptors (Lipinski definition) is 2. The van der Waals surface area contributed by atoms with E-state index in [1.807, 2.05) is 19.3 Å². The Hall–Kier alpha value is -1.95. The van der Waals surface area contributed by atoms with Crippen LogP contribution < -0.4 is 0 Å². The molecule has 0 amide bonds. The summed E-state index contributed by atoms with van der Waals surface area (Å²) in [6, 6.07) is 6.68. The summed E-state index contributed by atoms with van der Waals surface area (Å²) in [5.41, 5.74) is 1.09. The highest BCUT2D eigenvalue weighted by Gasteiger charge is 2.10. The molecule has 0 aliphatic heterocycles. The summed E-state index contributed by atoms with van der Waals surface area (Å²) in [5.74, 6) is 0.359. The second-order valence-electron chi connectivity index (χ2n) is 3.75. The van der Waals surface area contributed by atoms with Crippen LogP contribution in [0.1, 0.15) is 0 Å².